The fourth-order valence-electron chi connectivity index (χ4n) is 1.30. The van der Waals surface area contributed by atoms with Gasteiger partial charge in [-0.15, -0.1) is 0 Å². The summed E-state index contributed by atoms with van der Waals surface area (Å²) in [6, 6.07) is 8.91. The molecule has 1 aromatic carbocycles. The van der Waals surface area contributed by atoms with E-state index in [9.17, 15) is 4.79 Å². The Kier molecular flexibility index (Phi) is 4.14. The van der Waals surface area contributed by atoms with Gasteiger partial charge in [-0.1, -0.05) is 23.9 Å². The van der Waals surface area contributed by atoms with Gasteiger partial charge in [-0.05, 0) is 18.2 Å². The van der Waals surface area contributed by atoms with E-state index >= 15 is 0 Å². The van der Waals surface area contributed by atoms with Crippen molar-refractivity contribution in [3.05, 3.63) is 42.9 Å². The standard InChI is InChI=1S/C12H12N4OS/c13-9-3-1-2-4-10(9)16-11(17)7-18-12-5-6-14-8-15-12/h1-6,8H,7,13H2,(H,16,17). The minimum atomic E-state index is -0.114. The maximum absolute atomic E-state index is 11.7. The lowest BCUT2D eigenvalue weighted by Crippen LogP contribution is -2.15. The number of amides is 1. The molecule has 0 radical (unpaired) electrons. The first-order chi connectivity index (χ1) is 8.75. The van der Waals surface area contributed by atoms with Gasteiger partial charge < -0.3 is 11.1 Å². The molecule has 1 aromatic heterocycles. The SMILES string of the molecule is Nc1ccccc1NC(=O)CSc1ccncn1. The van der Waals surface area contributed by atoms with Crippen LogP contribution in [0.5, 0.6) is 0 Å². The quantitative estimate of drug-likeness (QED) is 0.497. The van der Waals surface area contributed by atoms with E-state index in [0.29, 0.717) is 11.4 Å². The smallest absolute Gasteiger partial charge is 0.234 e. The molecule has 0 unspecified atom stereocenters. The number of nitrogens with zero attached hydrogens (tertiary/aromatic N) is 2. The summed E-state index contributed by atoms with van der Waals surface area (Å²) in [6.07, 6.45) is 3.10. The summed E-state index contributed by atoms with van der Waals surface area (Å²) in [5, 5.41) is 3.52. The summed E-state index contributed by atoms with van der Waals surface area (Å²) in [6.45, 7) is 0. The number of carbonyl (C=O) groups excluding carboxylic acids is 1. The van der Waals surface area contributed by atoms with E-state index in [1.165, 1.54) is 18.1 Å². The Morgan fingerprint density at radius 2 is 2.17 bits per heavy atom. The van der Waals surface area contributed by atoms with Crippen molar-refractivity contribution < 1.29 is 4.79 Å². The van der Waals surface area contributed by atoms with Crippen LogP contribution in [0.15, 0.2) is 47.9 Å². The molecule has 2 rings (SSSR count). The van der Waals surface area contributed by atoms with Gasteiger partial charge in [0.15, 0.2) is 0 Å². The van der Waals surface area contributed by atoms with Crippen LogP contribution >= 0.6 is 11.8 Å². The second kappa shape index (κ2) is 6.02. The Balaban J connectivity index is 1.88. The Morgan fingerprint density at radius 3 is 2.89 bits per heavy atom. The topological polar surface area (TPSA) is 80.9 Å². The van der Waals surface area contributed by atoms with Crippen molar-refractivity contribution in [1.29, 1.82) is 0 Å². The van der Waals surface area contributed by atoms with Gasteiger partial charge in [0.1, 0.15) is 6.33 Å². The second-order valence-electron chi connectivity index (χ2n) is 3.47. The van der Waals surface area contributed by atoms with E-state index in [1.807, 2.05) is 12.1 Å². The van der Waals surface area contributed by atoms with Crippen molar-refractivity contribution in [2.45, 2.75) is 5.03 Å². The molecule has 6 heteroatoms. The lowest BCUT2D eigenvalue weighted by atomic mass is 10.3. The van der Waals surface area contributed by atoms with Gasteiger partial charge in [0.25, 0.3) is 0 Å². The van der Waals surface area contributed by atoms with Crippen molar-refractivity contribution in [3.8, 4) is 0 Å². The maximum atomic E-state index is 11.7. The third-order valence-corrected chi connectivity index (χ3v) is 3.08. The summed E-state index contributed by atoms with van der Waals surface area (Å²) in [4.78, 5) is 19.5. The van der Waals surface area contributed by atoms with Crippen LogP contribution in [-0.4, -0.2) is 21.6 Å². The number of nitrogen functional groups attached to an aromatic ring is 1. The molecule has 92 valence electrons. The number of nitrogens with one attached hydrogen (secondary N) is 1. The zero-order chi connectivity index (χ0) is 12.8. The molecular formula is C12H12N4OS. The molecule has 0 bridgehead atoms. The van der Waals surface area contributed by atoms with Crippen LogP contribution in [-0.2, 0) is 4.79 Å². The van der Waals surface area contributed by atoms with Crippen molar-refractivity contribution in [1.82, 2.24) is 9.97 Å². The molecule has 0 saturated carbocycles. The minimum Gasteiger partial charge on any atom is -0.397 e. The molecule has 18 heavy (non-hydrogen) atoms. The minimum absolute atomic E-state index is 0.114. The predicted molar refractivity (Wildman–Crippen MR) is 72.2 cm³/mol. The molecule has 3 N–H and O–H groups in total. The number of carbonyl (C=O) groups is 1. The van der Waals surface area contributed by atoms with Crippen molar-refractivity contribution in [3.63, 3.8) is 0 Å². The number of hydrogen-bond donors (Lipinski definition) is 2. The molecule has 0 spiro atoms. The van der Waals surface area contributed by atoms with Crippen LogP contribution in [0.3, 0.4) is 0 Å². The number of para-hydroxylation sites is 2. The Bertz CT molecular complexity index is 533. The van der Waals surface area contributed by atoms with Gasteiger partial charge in [0.2, 0.25) is 5.91 Å². The number of thioether (sulfide) groups is 1. The molecule has 0 aliphatic heterocycles. The summed E-state index contributed by atoms with van der Waals surface area (Å²) in [5.41, 5.74) is 6.92. The van der Waals surface area contributed by atoms with E-state index < -0.39 is 0 Å². The third-order valence-electron chi connectivity index (χ3n) is 2.14. The fourth-order valence-corrected chi connectivity index (χ4v) is 1.93. The zero-order valence-electron chi connectivity index (χ0n) is 9.54. The Morgan fingerprint density at radius 1 is 1.33 bits per heavy atom. The summed E-state index contributed by atoms with van der Waals surface area (Å²) >= 11 is 1.35. The summed E-state index contributed by atoms with van der Waals surface area (Å²) < 4.78 is 0. The molecule has 0 atom stereocenters. The average Bonchev–Trinajstić information content (AvgIpc) is 2.40. The van der Waals surface area contributed by atoms with Crippen molar-refractivity contribution in [2.75, 3.05) is 16.8 Å². The molecule has 0 saturated heterocycles. The first-order valence-electron chi connectivity index (χ1n) is 5.29. The highest BCUT2D eigenvalue weighted by Crippen LogP contribution is 2.18. The van der Waals surface area contributed by atoms with Gasteiger partial charge in [-0.25, -0.2) is 9.97 Å². The van der Waals surface area contributed by atoms with Crippen LogP contribution in [0.1, 0.15) is 0 Å². The monoisotopic (exact) mass is 260 g/mol. The number of rotatable bonds is 4. The highest BCUT2D eigenvalue weighted by molar-refractivity contribution is 7.99. The summed E-state index contributed by atoms with van der Waals surface area (Å²) in [5.74, 6) is 0.169. The third kappa shape index (κ3) is 3.46. The zero-order valence-corrected chi connectivity index (χ0v) is 10.4. The predicted octanol–water partition coefficient (Wildman–Crippen LogP) is 1.79. The van der Waals surface area contributed by atoms with Gasteiger partial charge in [0.05, 0.1) is 22.2 Å². The van der Waals surface area contributed by atoms with Crippen molar-refractivity contribution in [2.24, 2.45) is 0 Å². The van der Waals surface area contributed by atoms with E-state index in [1.54, 1.807) is 24.4 Å². The van der Waals surface area contributed by atoms with E-state index in [-0.39, 0.29) is 11.7 Å². The van der Waals surface area contributed by atoms with E-state index in [4.69, 9.17) is 5.73 Å². The number of anilines is 2. The van der Waals surface area contributed by atoms with Crippen LogP contribution in [0.4, 0.5) is 11.4 Å². The summed E-state index contributed by atoms with van der Waals surface area (Å²) in [7, 11) is 0. The van der Waals surface area contributed by atoms with Crippen LogP contribution in [0, 0.1) is 0 Å². The number of aromatic nitrogens is 2. The average molecular weight is 260 g/mol. The number of benzene rings is 1. The van der Waals surface area contributed by atoms with Crippen molar-refractivity contribution >= 4 is 29.0 Å². The van der Waals surface area contributed by atoms with Gasteiger partial charge in [-0.3, -0.25) is 4.79 Å². The highest BCUT2D eigenvalue weighted by Gasteiger charge is 2.05. The second-order valence-corrected chi connectivity index (χ2v) is 4.47. The Hall–Kier alpha value is -2.08. The lowest BCUT2D eigenvalue weighted by Gasteiger charge is -2.07. The Labute approximate surface area is 109 Å². The normalized spacial score (nSPS) is 10.0. The van der Waals surface area contributed by atoms with Gasteiger partial charge in [0, 0.05) is 6.20 Å². The molecule has 1 heterocycles. The molecule has 0 fully saturated rings. The molecule has 0 aliphatic rings. The molecule has 0 aliphatic carbocycles. The van der Waals surface area contributed by atoms with Crippen LogP contribution in [0.2, 0.25) is 0 Å². The largest absolute Gasteiger partial charge is 0.397 e. The van der Waals surface area contributed by atoms with Gasteiger partial charge >= 0.3 is 0 Å². The highest BCUT2D eigenvalue weighted by atomic mass is 32.2. The number of hydrogen-bond acceptors (Lipinski definition) is 5. The van der Waals surface area contributed by atoms with Gasteiger partial charge in [-0.2, -0.15) is 0 Å². The van der Waals surface area contributed by atoms with Crippen LogP contribution < -0.4 is 11.1 Å². The van der Waals surface area contributed by atoms with Crippen LogP contribution in [0.25, 0.3) is 0 Å². The molecular weight excluding hydrogens is 248 g/mol. The van der Waals surface area contributed by atoms with E-state index in [0.717, 1.165) is 5.03 Å². The molecule has 2 aromatic rings. The lowest BCUT2D eigenvalue weighted by molar-refractivity contribution is -0.113. The number of nitrogens with two attached hydrogens (primary N) is 1. The first kappa shape index (κ1) is 12.4. The first-order valence-corrected chi connectivity index (χ1v) is 6.27. The molecule has 5 nitrogen and oxygen atoms in total. The molecule has 1 amide bonds. The maximum Gasteiger partial charge on any atom is 0.234 e. The fraction of sp³-hybridized carbons (Fsp3) is 0.0833. The van der Waals surface area contributed by atoms with E-state index in [2.05, 4.69) is 15.3 Å².